The molecule has 0 aliphatic heterocycles. The van der Waals surface area contributed by atoms with Gasteiger partial charge in [0.2, 0.25) is 0 Å². The third-order valence-corrected chi connectivity index (χ3v) is 7.40. The van der Waals surface area contributed by atoms with Crippen LogP contribution in [-0.4, -0.2) is 55.0 Å². The van der Waals surface area contributed by atoms with E-state index in [2.05, 4.69) is 20.2 Å². The Bertz CT molecular complexity index is 1810. The van der Waals surface area contributed by atoms with Gasteiger partial charge in [0.05, 0.1) is 47.7 Å². The number of halogens is 2. The van der Waals surface area contributed by atoms with Crippen LogP contribution in [0.15, 0.2) is 71.3 Å². The minimum atomic E-state index is -2.06. The highest BCUT2D eigenvalue weighted by Crippen LogP contribution is 2.36. The predicted molar refractivity (Wildman–Crippen MR) is 143 cm³/mol. The molecule has 1 unspecified atom stereocenters. The Balaban J connectivity index is 1.57. The molecule has 0 saturated heterocycles. The number of aliphatic hydroxyl groups excluding tert-OH is 1. The summed E-state index contributed by atoms with van der Waals surface area (Å²) in [7, 11) is 0. The Labute approximate surface area is 231 Å². The molecule has 0 aliphatic carbocycles. The van der Waals surface area contributed by atoms with E-state index in [4.69, 9.17) is 0 Å². The lowest BCUT2D eigenvalue weighted by molar-refractivity contribution is -0.0343. The molecule has 3 heterocycles. The van der Waals surface area contributed by atoms with Crippen molar-refractivity contribution in [3.8, 4) is 5.69 Å². The molecule has 41 heavy (non-hydrogen) atoms. The van der Waals surface area contributed by atoms with Gasteiger partial charge in [0, 0.05) is 11.6 Å². The normalized spacial score (nSPS) is 15.5. The molecule has 0 radical (unpaired) electrons. The van der Waals surface area contributed by atoms with Gasteiger partial charge in [-0.1, -0.05) is 13.0 Å². The van der Waals surface area contributed by atoms with Crippen molar-refractivity contribution in [1.82, 2.24) is 38.7 Å². The number of benzene rings is 2. The molecule has 2 N–H and O–H groups in total. The van der Waals surface area contributed by atoms with Crippen molar-refractivity contribution in [1.29, 1.82) is 0 Å². The zero-order valence-corrected chi connectivity index (χ0v) is 22.5. The molecule has 14 heteroatoms. The van der Waals surface area contributed by atoms with E-state index >= 15 is 0 Å². The number of rotatable bonds is 9. The molecule has 0 aliphatic rings. The first kappa shape index (κ1) is 28.0. The topological polar surface area (TPSA) is 146 Å². The van der Waals surface area contributed by atoms with Crippen LogP contribution < -0.4 is 11.2 Å². The van der Waals surface area contributed by atoms with Crippen LogP contribution in [0.3, 0.4) is 0 Å². The van der Waals surface area contributed by atoms with E-state index in [9.17, 15) is 28.6 Å². The molecule has 0 saturated carbocycles. The maximum Gasteiger partial charge on any atom is 0.350 e. The van der Waals surface area contributed by atoms with Crippen molar-refractivity contribution in [2.75, 3.05) is 0 Å². The average Bonchev–Trinajstić information content (AvgIpc) is 3.58. The number of aliphatic hydroxyl groups is 2. The van der Waals surface area contributed by atoms with Gasteiger partial charge in [-0.15, -0.1) is 0 Å². The van der Waals surface area contributed by atoms with Gasteiger partial charge < -0.3 is 10.2 Å². The van der Waals surface area contributed by atoms with Gasteiger partial charge in [0.1, 0.15) is 36.2 Å². The van der Waals surface area contributed by atoms with E-state index in [0.717, 1.165) is 12.1 Å². The Morgan fingerprint density at radius 3 is 2.46 bits per heavy atom. The Hall–Kier alpha value is -4.56. The lowest BCUT2D eigenvalue weighted by Crippen LogP contribution is -2.43. The van der Waals surface area contributed by atoms with Gasteiger partial charge >= 0.3 is 5.69 Å². The van der Waals surface area contributed by atoms with Gasteiger partial charge in [-0.3, -0.25) is 9.36 Å². The third kappa shape index (κ3) is 4.95. The van der Waals surface area contributed by atoms with Gasteiger partial charge in [-0.05, 0) is 44.5 Å². The van der Waals surface area contributed by atoms with Crippen LogP contribution in [-0.2, 0) is 12.1 Å². The molecule has 3 aromatic heterocycles. The van der Waals surface area contributed by atoms with Gasteiger partial charge in [-0.2, -0.15) is 10.2 Å². The minimum absolute atomic E-state index is 0.182. The summed E-state index contributed by atoms with van der Waals surface area (Å²) in [5.41, 5.74) is -2.61. The van der Waals surface area contributed by atoms with Crippen molar-refractivity contribution in [3.63, 3.8) is 0 Å². The van der Waals surface area contributed by atoms with Crippen molar-refractivity contribution in [2.24, 2.45) is 0 Å². The average molecular weight is 567 g/mol. The second-order valence-electron chi connectivity index (χ2n) is 9.92. The van der Waals surface area contributed by atoms with Crippen molar-refractivity contribution in [2.45, 2.75) is 57.5 Å². The fraction of sp³-hybridized carbons (Fsp3) is 0.333. The van der Waals surface area contributed by atoms with Gasteiger partial charge in [0.15, 0.2) is 0 Å². The maximum atomic E-state index is 15.0. The molecule has 0 spiro atoms. The largest absolute Gasteiger partial charge is 0.391 e. The highest BCUT2D eigenvalue weighted by molar-refractivity contribution is 5.79. The molecule has 12 nitrogen and oxygen atoms in total. The molecule has 4 atom stereocenters. The lowest BCUT2D eigenvalue weighted by atomic mass is 9.86. The molecule has 214 valence electrons. The highest BCUT2D eigenvalue weighted by Gasteiger charge is 2.41. The van der Waals surface area contributed by atoms with Crippen LogP contribution in [0.1, 0.15) is 44.8 Å². The number of hydrogen-bond acceptors (Lipinski definition) is 8. The van der Waals surface area contributed by atoms with Crippen LogP contribution in [0.25, 0.3) is 16.6 Å². The van der Waals surface area contributed by atoms with Gasteiger partial charge in [0.25, 0.3) is 5.56 Å². The summed E-state index contributed by atoms with van der Waals surface area (Å²) in [6.07, 6.45) is 4.84. The SMILES string of the molecule is CCC([C@H](C)O)n1ncn(-c2ccc3c(=O)n([C@H](C)[C@](O)(Cn4cncn4)c4ccc(F)cc4F)cnc3c2)c1=O. The molecular weight excluding hydrogens is 538 g/mol. The summed E-state index contributed by atoms with van der Waals surface area (Å²) in [5, 5.41) is 30.2. The Kier molecular flexibility index (Phi) is 7.36. The summed E-state index contributed by atoms with van der Waals surface area (Å²) in [4.78, 5) is 34.9. The Morgan fingerprint density at radius 1 is 1.02 bits per heavy atom. The van der Waals surface area contributed by atoms with E-state index < -0.39 is 46.7 Å². The summed E-state index contributed by atoms with van der Waals surface area (Å²) >= 11 is 0. The monoisotopic (exact) mass is 566 g/mol. The Morgan fingerprint density at radius 2 is 1.80 bits per heavy atom. The first-order valence-corrected chi connectivity index (χ1v) is 12.9. The molecule has 0 bridgehead atoms. The van der Waals surface area contributed by atoms with E-state index in [1.165, 1.54) is 56.8 Å². The predicted octanol–water partition coefficient (Wildman–Crippen LogP) is 2.09. The number of fused-ring (bicyclic) bond motifs is 1. The van der Waals surface area contributed by atoms with Crippen LogP contribution >= 0.6 is 0 Å². The molecule has 5 aromatic rings. The fourth-order valence-electron chi connectivity index (χ4n) is 5.06. The van der Waals surface area contributed by atoms with Crippen LogP contribution in [0, 0.1) is 11.6 Å². The van der Waals surface area contributed by atoms with Crippen LogP contribution in [0.4, 0.5) is 8.78 Å². The summed E-state index contributed by atoms with van der Waals surface area (Å²) in [6, 6.07) is 5.80. The van der Waals surface area contributed by atoms with E-state index in [0.29, 0.717) is 18.2 Å². The minimum Gasteiger partial charge on any atom is -0.391 e. The number of aromatic nitrogens is 8. The first-order chi connectivity index (χ1) is 19.5. The number of hydrogen-bond donors (Lipinski definition) is 2. The summed E-state index contributed by atoms with van der Waals surface area (Å²) in [6.45, 7) is 4.65. The fourth-order valence-corrected chi connectivity index (χ4v) is 5.06. The van der Waals surface area contributed by atoms with E-state index in [1.54, 1.807) is 19.1 Å². The quantitative estimate of drug-likeness (QED) is 0.276. The third-order valence-electron chi connectivity index (χ3n) is 7.40. The molecule has 5 rings (SSSR count). The highest BCUT2D eigenvalue weighted by atomic mass is 19.1. The molecule has 0 fully saturated rings. The van der Waals surface area contributed by atoms with Crippen molar-refractivity contribution >= 4 is 10.9 Å². The maximum absolute atomic E-state index is 15.0. The van der Waals surface area contributed by atoms with E-state index in [-0.39, 0.29) is 23.0 Å². The summed E-state index contributed by atoms with van der Waals surface area (Å²) in [5.74, 6) is -1.80. The standard InChI is InChI=1S/C27H28F2N8O4/c1-4-24(16(2)38)37-26(40)36(15-33-37)19-6-7-20-23(10-19)31-14-35(25(20)39)17(3)27(41,11-34-13-30-12-32-34)21-8-5-18(28)9-22(21)29/h5-10,12-17,24,38,41H,4,11H2,1-3H3/t16-,17+,24?,27+/m0/s1. The van der Waals surface area contributed by atoms with Crippen molar-refractivity contribution < 1.29 is 19.0 Å². The zero-order chi connectivity index (χ0) is 29.5. The second kappa shape index (κ2) is 10.8. The molecular formula is C27H28F2N8O4. The first-order valence-electron chi connectivity index (χ1n) is 12.9. The summed E-state index contributed by atoms with van der Waals surface area (Å²) < 4.78 is 33.6. The van der Waals surface area contributed by atoms with Gasteiger partial charge in [-0.25, -0.2) is 37.5 Å². The molecule has 2 aromatic carbocycles. The van der Waals surface area contributed by atoms with Crippen LogP contribution in [0.2, 0.25) is 0 Å². The zero-order valence-electron chi connectivity index (χ0n) is 22.5. The number of nitrogens with zero attached hydrogens (tertiary/aromatic N) is 8. The lowest BCUT2D eigenvalue weighted by Gasteiger charge is -2.35. The second-order valence-corrected chi connectivity index (χ2v) is 9.92. The van der Waals surface area contributed by atoms with E-state index in [1.807, 2.05) is 6.92 Å². The van der Waals surface area contributed by atoms with Crippen molar-refractivity contribution in [3.05, 3.63) is 99.7 Å². The molecule has 0 amide bonds. The van der Waals surface area contributed by atoms with Crippen LogP contribution in [0.5, 0.6) is 0 Å². The smallest absolute Gasteiger partial charge is 0.350 e.